The number of hydrogen-bond donors (Lipinski definition) is 1. The van der Waals surface area contributed by atoms with Gasteiger partial charge in [-0.3, -0.25) is 9.59 Å². The number of hydrogen-bond acceptors (Lipinski definition) is 7. The molecule has 1 aliphatic heterocycles. The van der Waals surface area contributed by atoms with Crippen LogP contribution in [0.5, 0.6) is 5.75 Å². The monoisotopic (exact) mass is 509 g/mol. The summed E-state index contributed by atoms with van der Waals surface area (Å²) in [5.74, 6) is -3.74. The molecule has 8 nitrogen and oxygen atoms in total. The highest BCUT2D eigenvalue weighted by Crippen LogP contribution is 2.36. The first-order valence-corrected chi connectivity index (χ1v) is 11.4. The highest BCUT2D eigenvalue weighted by atomic mass is 19.3. The molecule has 2 heterocycles. The number of anilines is 1. The lowest BCUT2D eigenvalue weighted by Gasteiger charge is -2.36. The molecule has 1 aliphatic rings. The highest BCUT2D eigenvalue weighted by Gasteiger charge is 2.44. The number of aromatic nitrogens is 2. The van der Waals surface area contributed by atoms with Crippen molar-refractivity contribution in [3.63, 3.8) is 0 Å². The predicted molar refractivity (Wildman–Crippen MR) is 135 cm³/mol. The predicted octanol–water partition coefficient (Wildman–Crippen LogP) is 4.79. The van der Waals surface area contributed by atoms with Gasteiger partial charge in [-0.2, -0.15) is 0 Å². The minimum absolute atomic E-state index is 0.0774. The zero-order valence-corrected chi connectivity index (χ0v) is 20.2. The van der Waals surface area contributed by atoms with E-state index in [-0.39, 0.29) is 19.0 Å². The van der Waals surface area contributed by atoms with Crippen molar-refractivity contribution >= 4 is 40.1 Å². The van der Waals surface area contributed by atoms with Crippen molar-refractivity contribution in [2.45, 2.75) is 12.3 Å². The molecule has 0 saturated carbocycles. The van der Waals surface area contributed by atoms with E-state index in [9.17, 15) is 13.6 Å². The maximum atomic E-state index is 14.4. The van der Waals surface area contributed by atoms with Gasteiger partial charge in [0.2, 0.25) is 5.95 Å². The van der Waals surface area contributed by atoms with E-state index in [1.807, 2.05) is 54.6 Å². The van der Waals surface area contributed by atoms with E-state index in [0.717, 1.165) is 33.0 Å². The van der Waals surface area contributed by atoms with E-state index in [4.69, 9.17) is 19.4 Å². The lowest BCUT2D eigenvalue weighted by atomic mass is 9.95. The number of nitrogens with zero attached hydrogens (tertiary/aromatic N) is 3. The van der Waals surface area contributed by atoms with Crippen molar-refractivity contribution in [1.82, 2.24) is 9.97 Å². The number of fused-ring (bicyclic) bond motifs is 2. The summed E-state index contributed by atoms with van der Waals surface area (Å²) in [6.07, 6.45) is 1.07. The first kappa shape index (κ1) is 25.7. The molecule has 4 aromatic rings. The van der Waals surface area contributed by atoms with Gasteiger partial charge in [0.1, 0.15) is 5.75 Å². The van der Waals surface area contributed by atoms with E-state index in [0.29, 0.717) is 5.52 Å². The van der Waals surface area contributed by atoms with E-state index in [2.05, 4.69) is 9.97 Å². The Balaban J connectivity index is 0.00000102. The quantitative estimate of drug-likeness (QED) is 0.309. The number of alkyl halides is 2. The standard InChI is InChI=1S/C26H23F2N3O3.CH2O2/c1-33-20-9-16-5-3-4-6-21(16)22(11-20)17-7-8-18-13-29-25(30-23(18)10-17)31-14-19(24(32)34-2)12-26(27,28)15-31;2-1-3/h3-11,13,19H,12,14-15H2,1-2H3;1H,(H,2,3). The molecule has 5 rings (SSSR count). The topological polar surface area (TPSA) is 102 Å². The smallest absolute Gasteiger partial charge is 0.310 e. The van der Waals surface area contributed by atoms with Crippen LogP contribution < -0.4 is 9.64 Å². The fourth-order valence-electron chi connectivity index (χ4n) is 4.55. The molecule has 10 heteroatoms. The Morgan fingerprint density at radius 2 is 1.89 bits per heavy atom. The molecule has 0 spiro atoms. The van der Waals surface area contributed by atoms with Crippen molar-refractivity contribution in [3.05, 3.63) is 60.8 Å². The summed E-state index contributed by atoms with van der Waals surface area (Å²) >= 11 is 0. The number of rotatable bonds is 4. The fraction of sp³-hybridized carbons (Fsp3) is 0.259. The molecule has 1 unspecified atom stereocenters. The van der Waals surface area contributed by atoms with Crippen molar-refractivity contribution < 1.29 is 33.0 Å². The summed E-state index contributed by atoms with van der Waals surface area (Å²) < 4.78 is 39.0. The SMILES string of the molecule is COC(=O)C1CN(c2ncc3ccc(-c4cc(OC)cc5ccccc45)cc3n2)CC(F)(F)C1.O=CO. The molecule has 1 aromatic heterocycles. The Bertz CT molecular complexity index is 1450. The third-order valence-electron chi connectivity index (χ3n) is 6.18. The summed E-state index contributed by atoms with van der Waals surface area (Å²) in [5.41, 5.74) is 2.52. The third-order valence-corrected chi connectivity index (χ3v) is 6.18. The van der Waals surface area contributed by atoms with Crippen LogP contribution in [-0.2, 0) is 14.3 Å². The van der Waals surface area contributed by atoms with Gasteiger partial charge < -0.3 is 19.5 Å². The summed E-state index contributed by atoms with van der Waals surface area (Å²) in [5, 5.41) is 9.78. The van der Waals surface area contributed by atoms with Gasteiger partial charge in [-0.25, -0.2) is 18.7 Å². The molecular weight excluding hydrogens is 484 g/mol. The van der Waals surface area contributed by atoms with Crippen molar-refractivity contribution in [3.8, 4) is 16.9 Å². The lowest BCUT2D eigenvalue weighted by molar-refractivity contribution is -0.150. The average molecular weight is 510 g/mol. The van der Waals surface area contributed by atoms with E-state index >= 15 is 0 Å². The first-order valence-electron chi connectivity index (χ1n) is 11.4. The fourth-order valence-corrected chi connectivity index (χ4v) is 4.55. The molecule has 0 amide bonds. The first-order chi connectivity index (χ1) is 17.8. The molecule has 1 saturated heterocycles. The Kier molecular flexibility index (Phi) is 7.47. The van der Waals surface area contributed by atoms with Crippen LogP contribution in [0.25, 0.3) is 32.8 Å². The number of ether oxygens (including phenoxy) is 2. The number of halogens is 2. The van der Waals surface area contributed by atoms with Gasteiger partial charge in [0.05, 0.1) is 32.2 Å². The van der Waals surface area contributed by atoms with Crippen LogP contribution in [0.15, 0.2) is 60.8 Å². The van der Waals surface area contributed by atoms with Gasteiger partial charge in [0.25, 0.3) is 12.4 Å². The van der Waals surface area contributed by atoms with Gasteiger partial charge in [0.15, 0.2) is 0 Å². The summed E-state index contributed by atoms with van der Waals surface area (Å²) in [4.78, 5) is 30.6. The van der Waals surface area contributed by atoms with Gasteiger partial charge in [-0.15, -0.1) is 0 Å². The van der Waals surface area contributed by atoms with Crippen molar-refractivity contribution in [2.75, 3.05) is 32.2 Å². The Hall–Kier alpha value is -4.34. The molecule has 37 heavy (non-hydrogen) atoms. The molecule has 0 bridgehead atoms. The second-order valence-corrected chi connectivity index (χ2v) is 8.61. The number of benzene rings is 3. The molecule has 1 fully saturated rings. The number of methoxy groups -OCH3 is 2. The summed E-state index contributed by atoms with van der Waals surface area (Å²) in [7, 11) is 2.83. The number of carbonyl (C=O) groups excluding carboxylic acids is 1. The molecule has 0 aliphatic carbocycles. The number of carboxylic acid groups (broad SMARTS) is 1. The van der Waals surface area contributed by atoms with Gasteiger partial charge in [-0.1, -0.05) is 36.4 Å². The van der Waals surface area contributed by atoms with Crippen LogP contribution in [0.3, 0.4) is 0 Å². The second-order valence-electron chi connectivity index (χ2n) is 8.61. The maximum Gasteiger partial charge on any atom is 0.310 e. The molecule has 192 valence electrons. The second kappa shape index (κ2) is 10.7. The zero-order chi connectivity index (χ0) is 26.6. The molecular formula is C27H25F2N3O5. The number of esters is 1. The Labute approximate surface area is 211 Å². The summed E-state index contributed by atoms with van der Waals surface area (Å²) in [6.45, 7) is -0.722. The molecule has 1 N–H and O–H groups in total. The van der Waals surface area contributed by atoms with Crippen LogP contribution in [0, 0.1) is 5.92 Å². The molecule has 3 aromatic carbocycles. The third kappa shape index (κ3) is 5.58. The minimum atomic E-state index is -3.04. The largest absolute Gasteiger partial charge is 0.497 e. The minimum Gasteiger partial charge on any atom is -0.497 e. The van der Waals surface area contributed by atoms with E-state index < -0.39 is 30.8 Å². The number of piperidine rings is 1. The van der Waals surface area contributed by atoms with Crippen molar-refractivity contribution in [1.29, 1.82) is 0 Å². The Morgan fingerprint density at radius 3 is 2.62 bits per heavy atom. The van der Waals surface area contributed by atoms with Crippen LogP contribution >= 0.6 is 0 Å². The van der Waals surface area contributed by atoms with Gasteiger partial charge in [0, 0.05) is 24.5 Å². The maximum absolute atomic E-state index is 14.4. The van der Waals surface area contributed by atoms with Crippen LogP contribution in [0.4, 0.5) is 14.7 Å². The van der Waals surface area contributed by atoms with Gasteiger partial charge in [-0.05, 0) is 40.1 Å². The number of carbonyl (C=O) groups is 2. The highest BCUT2D eigenvalue weighted by molar-refractivity contribution is 5.99. The van der Waals surface area contributed by atoms with Crippen LogP contribution in [0.1, 0.15) is 6.42 Å². The normalized spacial score (nSPS) is 16.5. The van der Waals surface area contributed by atoms with Crippen LogP contribution in [-0.4, -0.2) is 60.7 Å². The lowest BCUT2D eigenvalue weighted by Crippen LogP contribution is -2.50. The molecule has 1 atom stereocenters. The van der Waals surface area contributed by atoms with Crippen molar-refractivity contribution in [2.24, 2.45) is 5.92 Å². The summed E-state index contributed by atoms with van der Waals surface area (Å²) in [6, 6.07) is 17.8. The van der Waals surface area contributed by atoms with E-state index in [1.165, 1.54) is 12.0 Å². The average Bonchev–Trinajstić information content (AvgIpc) is 2.90. The molecule has 0 radical (unpaired) electrons. The zero-order valence-electron chi connectivity index (χ0n) is 20.2. The van der Waals surface area contributed by atoms with E-state index in [1.54, 1.807) is 13.3 Å². The van der Waals surface area contributed by atoms with Gasteiger partial charge >= 0.3 is 5.97 Å². The Morgan fingerprint density at radius 1 is 1.14 bits per heavy atom. The van der Waals surface area contributed by atoms with Crippen LogP contribution in [0.2, 0.25) is 0 Å².